The van der Waals surface area contributed by atoms with Crippen molar-refractivity contribution in [2.45, 2.75) is 77.1 Å². The van der Waals surface area contributed by atoms with Gasteiger partial charge >= 0.3 is 0 Å². The summed E-state index contributed by atoms with van der Waals surface area (Å²) in [7, 11) is 1.64. The molecular formula is C16H32N2O3S. The fourth-order valence-electron chi connectivity index (χ4n) is 1.77. The molecule has 22 heavy (non-hydrogen) atoms. The van der Waals surface area contributed by atoms with Crippen LogP contribution in [0.1, 0.15) is 66.2 Å². The standard InChI is InChI=1S/C16H32N2O3S/c1-6-7-8-9-13(22-11-10-14(19)17-5)12-15(20)18-21-16(2,3)4/h13H,6-12H2,1-5H3,(H,17,19)(H,18,20). The van der Waals surface area contributed by atoms with Crippen LogP contribution in [-0.4, -0.2) is 35.5 Å². The predicted molar refractivity (Wildman–Crippen MR) is 92.7 cm³/mol. The zero-order chi connectivity index (χ0) is 17.0. The van der Waals surface area contributed by atoms with Crippen LogP contribution in [0.2, 0.25) is 0 Å². The first kappa shape index (κ1) is 21.2. The van der Waals surface area contributed by atoms with Crippen LogP contribution in [0.15, 0.2) is 0 Å². The summed E-state index contributed by atoms with van der Waals surface area (Å²) in [4.78, 5) is 28.5. The molecule has 0 aliphatic heterocycles. The van der Waals surface area contributed by atoms with Gasteiger partial charge in [-0.2, -0.15) is 11.8 Å². The van der Waals surface area contributed by atoms with Gasteiger partial charge in [-0.1, -0.05) is 26.2 Å². The molecule has 0 aromatic carbocycles. The molecule has 2 N–H and O–H groups in total. The van der Waals surface area contributed by atoms with Crippen LogP contribution < -0.4 is 10.8 Å². The second kappa shape index (κ2) is 11.8. The quantitative estimate of drug-likeness (QED) is 0.451. The van der Waals surface area contributed by atoms with Crippen molar-refractivity contribution in [2.75, 3.05) is 12.8 Å². The summed E-state index contributed by atoms with van der Waals surface area (Å²) in [5, 5.41) is 2.85. The summed E-state index contributed by atoms with van der Waals surface area (Å²) in [5.74, 6) is 0.688. The largest absolute Gasteiger partial charge is 0.359 e. The number of hydrogen-bond donors (Lipinski definition) is 2. The van der Waals surface area contributed by atoms with Crippen molar-refractivity contribution in [3.63, 3.8) is 0 Å². The van der Waals surface area contributed by atoms with E-state index >= 15 is 0 Å². The molecule has 0 aliphatic rings. The Hall–Kier alpha value is -0.750. The number of thioether (sulfide) groups is 1. The maximum Gasteiger partial charge on any atom is 0.244 e. The van der Waals surface area contributed by atoms with Gasteiger partial charge in [0.1, 0.15) is 0 Å². The Balaban J connectivity index is 4.20. The molecular weight excluding hydrogens is 300 g/mol. The SMILES string of the molecule is CCCCCC(CC(=O)NOC(C)(C)C)SCCC(=O)NC. The number of carbonyl (C=O) groups excluding carboxylic acids is 2. The van der Waals surface area contributed by atoms with Crippen LogP contribution in [0.3, 0.4) is 0 Å². The third-order valence-corrected chi connectivity index (χ3v) is 4.29. The van der Waals surface area contributed by atoms with Crippen molar-refractivity contribution in [1.29, 1.82) is 0 Å². The van der Waals surface area contributed by atoms with Crippen LogP contribution in [0.25, 0.3) is 0 Å². The fourth-order valence-corrected chi connectivity index (χ4v) is 3.01. The van der Waals surface area contributed by atoms with Gasteiger partial charge in [-0.15, -0.1) is 0 Å². The second-order valence-corrected chi connectivity index (χ2v) is 7.76. The van der Waals surface area contributed by atoms with E-state index in [1.165, 1.54) is 6.42 Å². The Morgan fingerprint density at radius 1 is 1.18 bits per heavy atom. The summed E-state index contributed by atoms with van der Waals surface area (Å²) in [6.07, 6.45) is 5.36. The third-order valence-electron chi connectivity index (χ3n) is 2.98. The maximum absolute atomic E-state index is 12.0. The lowest BCUT2D eigenvalue weighted by molar-refractivity contribution is -0.145. The highest BCUT2D eigenvalue weighted by Gasteiger charge is 2.17. The van der Waals surface area contributed by atoms with E-state index in [1.807, 2.05) is 20.8 Å². The molecule has 0 rings (SSSR count). The van der Waals surface area contributed by atoms with Gasteiger partial charge in [0.2, 0.25) is 11.8 Å². The van der Waals surface area contributed by atoms with E-state index in [0.29, 0.717) is 12.8 Å². The molecule has 1 atom stereocenters. The molecule has 0 spiro atoms. The Labute approximate surface area is 139 Å². The minimum absolute atomic E-state index is 0.0420. The van der Waals surface area contributed by atoms with Gasteiger partial charge in [0.15, 0.2) is 0 Å². The van der Waals surface area contributed by atoms with Crippen molar-refractivity contribution in [2.24, 2.45) is 0 Å². The van der Waals surface area contributed by atoms with E-state index in [-0.39, 0.29) is 22.7 Å². The minimum atomic E-state index is -0.389. The monoisotopic (exact) mass is 332 g/mol. The van der Waals surface area contributed by atoms with Crippen LogP contribution >= 0.6 is 11.8 Å². The number of amides is 2. The fraction of sp³-hybridized carbons (Fsp3) is 0.875. The second-order valence-electron chi connectivity index (χ2n) is 6.36. The molecule has 0 aliphatic carbocycles. The summed E-state index contributed by atoms with van der Waals surface area (Å²) in [5.41, 5.74) is 2.13. The van der Waals surface area contributed by atoms with Crippen LogP contribution in [0.5, 0.6) is 0 Å². The molecule has 5 nitrogen and oxygen atoms in total. The smallest absolute Gasteiger partial charge is 0.244 e. The number of hydroxylamine groups is 1. The first-order valence-electron chi connectivity index (χ1n) is 8.07. The van der Waals surface area contributed by atoms with E-state index < -0.39 is 0 Å². The van der Waals surface area contributed by atoms with E-state index in [1.54, 1.807) is 18.8 Å². The van der Waals surface area contributed by atoms with E-state index in [9.17, 15) is 9.59 Å². The Bertz CT molecular complexity index is 330. The molecule has 0 bridgehead atoms. The van der Waals surface area contributed by atoms with Crippen LogP contribution in [0, 0.1) is 0 Å². The van der Waals surface area contributed by atoms with Crippen LogP contribution in [0.4, 0.5) is 0 Å². The van der Waals surface area contributed by atoms with Crippen molar-refractivity contribution in [3.8, 4) is 0 Å². The highest BCUT2D eigenvalue weighted by molar-refractivity contribution is 7.99. The number of unbranched alkanes of at least 4 members (excludes halogenated alkanes) is 2. The van der Waals surface area contributed by atoms with Gasteiger partial charge in [-0.25, -0.2) is 5.48 Å². The highest BCUT2D eigenvalue weighted by Crippen LogP contribution is 2.22. The molecule has 0 saturated heterocycles. The maximum atomic E-state index is 12.0. The van der Waals surface area contributed by atoms with E-state index in [2.05, 4.69) is 17.7 Å². The summed E-state index contributed by atoms with van der Waals surface area (Å²) < 4.78 is 0. The van der Waals surface area contributed by atoms with Crippen molar-refractivity contribution in [3.05, 3.63) is 0 Å². The molecule has 6 heteroatoms. The number of nitrogens with one attached hydrogen (secondary N) is 2. The van der Waals surface area contributed by atoms with Gasteiger partial charge in [0, 0.05) is 30.9 Å². The van der Waals surface area contributed by atoms with E-state index in [0.717, 1.165) is 25.0 Å². The highest BCUT2D eigenvalue weighted by atomic mass is 32.2. The van der Waals surface area contributed by atoms with Crippen molar-refractivity contribution >= 4 is 23.6 Å². The molecule has 0 radical (unpaired) electrons. The normalized spacial score (nSPS) is 12.8. The average Bonchev–Trinajstić information content (AvgIpc) is 2.44. The first-order valence-corrected chi connectivity index (χ1v) is 9.12. The molecule has 0 saturated carbocycles. The lowest BCUT2D eigenvalue weighted by Crippen LogP contribution is -2.34. The number of rotatable bonds is 11. The Kier molecular flexibility index (Phi) is 11.4. The van der Waals surface area contributed by atoms with Crippen molar-refractivity contribution in [1.82, 2.24) is 10.8 Å². The van der Waals surface area contributed by atoms with Gasteiger partial charge in [-0.3, -0.25) is 14.4 Å². The van der Waals surface area contributed by atoms with Gasteiger partial charge < -0.3 is 5.32 Å². The molecule has 0 aromatic rings. The van der Waals surface area contributed by atoms with Gasteiger partial charge in [0.05, 0.1) is 5.60 Å². The van der Waals surface area contributed by atoms with Crippen LogP contribution in [-0.2, 0) is 14.4 Å². The van der Waals surface area contributed by atoms with Crippen molar-refractivity contribution < 1.29 is 14.4 Å². The molecule has 130 valence electrons. The van der Waals surface area contributed by atoms with Gasteiger partial charge in [0.25, 0.3) is 0 Å². The summed E-state index contributed by atoms with van der Waals surface area (Å²) in [6, 6.07) is 0. The lowest BCUT2D eigenvalue weighted by Gasteiger charge is -2.21. The summed E-state index contributed by atoms with van der Waals surface area (Å²) in [6.45, 7) is 7.84. The zero-order valence-corrected chi connectivity index (χ0v) is 15.5. The molecule has 0 heterocycles. The number of hydrogen-bond acceptors (Lipinski definition) is 4. The third kappa shape index (κ3) is 13.0. The molecule has 1 unspecified atom stereocenters. The molecule has 0 aromatic heterocycles. The minimum Gasteiger partial charge on any atom is -0.359 e. The average molecular weight is 333 g/mol. The molecule has 2 amide bonds. The van der Waals surface area contributed by atoms with E-state index in [4.69, 9.17) is 4.84 Å². The zero-order valence-electron chi connectivity index (χ0n) is 14.7. The summed E-state index contributed by atoms with van der Waals surface area (Å²) >= 11 is 1.70. The Morgan fingerprint density at radius 2 is 1.86 bits per heavy atom. The van der Waals surface area contributed by atoms with Gasteiger partial charge in [-0.05, 0) is 27.2 Å². The lowest BCUT2D eigenvalue weighted by atomic mass is 10.1. The molecule has 0 fully saturated rings. The number of carbonyl (C=O) groups is 2. The Morgan fingerprint density at radius 3 is 2.41 bits per heavy atom. The topological polar surface area (TPSA) is 67.4 Å². The predicted octanol–water partition coefficient (Wildman–Crippen LogP) is 3.04. The first-order chi connectivity index (χ1) is 10.3.